The maximum atomic E-state index is 13.3. The standard InChI is InChI=1S/C16H25ClFN/c1-2-3-4-5-6-7-8-12-15(19)13-10-9-11-14(18)16(13)17/h9-11,15H,2-8,12,19H2,1H3. The molecule has 0 aliphatic rings. The van der Waals surface area contributed by atoms with E-state index in [1.807, 2.05) is 6.07 Å². The van der Waals surface area contributed by atoms with E-state index in [2.05, 4.69) is 6.92 Å². The number of rotatable bonds is 9. The summed E-state index contributed by atoms with van der Waals surface area (Å²) in [5.41, 5.74) is 6.81. The molecule has 108 valence electrons. The van der Waals surface area contributed by atoms with E-state index in [0.29, 0.717) is 0 Å². The minimum atomic E-state index is -0.380. The summed E-state index contributed by atoms with van der Waals surface area (Å²) >= 11 is 5.93. The summed E-state index contributed by atoms with van der Waals surface area (Å²) < 4.78 is 13.3. The van der Waals surface area contributed by atoms with Gasteiger partial charge in [-0.15, -0.1) is 0 Å². The van der Waals surface area contributed by atoms with Crippen LogP contribution in [0.15, 0.2) is 18.2 Å². The van der Waals surface area contributed by atoms with Crippen molar-refractivity contribution in [3.8, 4) is 0 Å². The first kappa shape index (κ1) is 16.5. The molecule has 0 fully saturated rings. The molecule has 3 heteroatoms. The van der Waals surface area contributed by atoms with Crippen LogP contribution in [0.25, 0.3) is 0 Å². The van der Waals surface area contributed by atoms with Crippen LogP contribution < -0.4 is 5.73 Å². The van der Waals surface area contributed by atoms with Crippen LogP contribution in [0.2, 0.25) is 5.02 Å². The largest absolute Gasteiger partial charge is 0.324 e. The van der Waals surface area contributed by atoms with Crippen molar-refractivity contribution in [3.63, 3.8) is 0 Å². The molecule has 0 aliphatic heterocycles. The number of benzene rings is 1. The molecule has 0 aliphatic carbocycles. The second-order valence-corrected chi connectivity index (χ2v) is 5.54. The Labute approximate surface area is 121 Å². The van der Waals surface area contributed by atoms with Gasteiger partial charge in [-0.2, -0.15) is 0 Å². The molecule has 0 heterocycles. The Balaban J connectivity index is 2.24. The van der Waals surface area contributed by atoms with Crippen LogP contribution >= 0.6 is 11.6 Å². The minimum absolute atomic E-state index is 0.154. The molecule has 0 amide bonds. The molecule has 0 radical (unpaired) electrons. The van der Waals surface area contributed by atoms with Crippen LogP contribution in [0.4, 0.5) is 4.39 Å². The van der Waals surface area contributed by atoms with Crippen molar-refractivity contribution >= 4 is 11.6 Å². The molecule has 0 bridgehead atoms. The van der Waals surface area contributed by atoms with E-state index in [0.717, 1.165) is 18.4 Å². The molecule has 19 heavy (non-hydrogen) atoms. The first-order valence-corrected chi connectivity index (χ1v) is 7.74. The van der Waals surface area contributed by atoms with Crippen LogP contribution in [0.3, 0.4) is 0 Å². The van der Waals surface area contributed by atoms with E-state index in [9.17, 15) is 4.39 Å². The summed E-state index contributed by atoms with van der Waals surface area (Å²) in [5, 5.41) is 0.179. The highest BCUT2D eigenvalue weighted by Gasteiger charge is 2.12. The van der Waals surface area contributed by atoms with E-state index in [1.54, 1.807) is 6.07 Å². The Kier molecular flexibility index (Phi) is 8.08. The topological polar surface area (TPSA) is 26.0 Å². The lowest BCUT2D eigenvalue weighted by Crippen LogP contribution is -2.11. The zero-order valence-electron chi connectivity index (χ0n) is 11.8. The van der Waals surface area contributed by atoms with Gasteiger partial charge in [0.25, 0.3) is 0 Å². The van der Waals surface area contributed by atoms with E-state index in [1.165, 1.54) is 44.6 Å². The van der Waals surface area contributed by atoms with Crippen LogP contribution in [0.5, 0.6) is 0 Å². The van der Waals surface area contributed by atoms with Crippen molar-refractivity contribution < 1.29 is 4.39 Å². The van der Waals surface area contributed by atoms with Crippen LogP contribution in [0.1, 0.15) is 69.9 Å². The Hall–Kier alpha value is -0.600. The highest BCUT2D eigenvalue weighted by atomic mass is 35.5. The first-order chi connectivity index (χ1) is 9.16. The van der Waals surface area contributed by atoms with Crippen LogP contribution in [-0.4, -0.2) is 0 Å². The van der Waals surface area contributed by atoms with Gasteiger partial charge in [-0.05, 0) is 18.1 Å². The molecule has 1 nitrogen and oxygen atoms in total. The quantitative estimate of drug-likeness (QED) is 0.586. The Morgan fingerprint density at radius 3 is 2.42 bits per heavy atom. The van der Waals surface area contributed by atoms with Gasteiger partial charge < -0.3 is 5.73 Å². The lowest BCUT2D eigenvalue weighted by Gasteiger charge is -2.13. The minimum Gasteiger partial charge on any atom is -0.324 e. The zero-order chi connectivity index (χ0) is 14.1. The van der Waals surface area contributed by atoms with E-state index >= 15 is 0 Å². The lowest BCUT2D eigenvalue weighted by atomic mass is 10.00. The van der Waals surface area contributed by atoms with Gasteiger partial charge in [-0.1, -0.05) is 75.6 Å². The smallest absolute Gasteiger partial charge is 0.142 e. The monoisotopic (exact) mass is 285 g/mol. The lowest BCUT2D eigenvalue weighted by molar-refractivity contribution is 0.538. The van der Waals surface area contributed by atoms with E-state index < -0.39 is 0 Å². The van der Waals surface area contributed by atoms with Crippen molar-refractivity contribution in [1.82, 2.24) is 0 Å². The third-order valence-electron chi connectivity index (χ3n) is 3.50. The highest BCUT2D eigenvalue weighted by molar-refractivity contribution is 6.31. The van der Waals surface area contributed by atoms with Crippen LogP contribution in [0, 0.1) is 5.82 Å². The molecule has 1 rings (SSSR count). The molecular weight excluding hydrogens is 261 g/mol. The predicted molar refractivity (Wildman–Crippen MR) is 80.9 cm³/mol. The number of nitrogens with two attached hydrogens (primary N) is 1. The second kappa shape index (κ2) is 9.33. The van der Waals surface area contributed by atoms with Crippen molar-refractivity contribution in [2.75, 3.05) is 0 Å². The van der Waals surface area contributed by atoms with Gasteiger partial charge >= 0.3 is 0 Å². The third kappa shape index (κ3) is 5.92. The molecule has 1 aromatic carbocycles. The van der Waals surface area contributed by atoms with E-state index in [4.69, 9.17) is 17.3 Å². The van der Waals surface area contributed by atoms with Gasteiger partial charge in [-0.3, -0.25) is 0 Å². The van der Waals surface area contributed by atoms with Crippen molar-refractivity contribution in [1.29, 1.82) is 0 Å². The van der Waals surface area contributed by atoms with Crippen molar-refractivity contribution in [3.05, 3.63) is 34.6 Å². The highest BCUT2D eigenvalue weighted by Crippen LogP contribution is 2.27. The number of halogens is 2. The summed E-state index contributed by atoms with van der Waals surface area (Å²) in [4.78, 5) is 0. The summed E-state index contributed by atoms with van der Waals surface area (Å²) in [6, 6.07) is 4.70. The average molecular weight is 286 g/mol. The Morgan fingerprint density at radius 2 is 1.74 bits per heavy atom. The number of hydrogen-bond donors (Lipinski definition) is 1. The molecule has 2 N–H and O–H groups in total. The maximum absolute atomic E-state index is 13.3. The molecule has 0 aromatic heterocycles. The molecule has 1 unspecified atom stereocenters. The normalized spacial score (nSPS) is 12.6. The fourth-order valence-corrected chi connectivity index (χ4v) is 2.55. The van der Waals surface area contributed by atoms with Gasteiger partial charge in [-0.25, -0.2) is 4.39 Å². The maximum Gasteiger partial charge on any atom is 0.142 e. The van der Waals surface area contributed by atoms with E-state index in [-0.39, 0.29) is 16.9 Å². The fourth-order valence-electron chi connectivity index (χ4n) is 2.28. The van der Waals surface area contributed by atoms with Crippen molar-refractivity contribution in [2.24, 2.45) is 5.73 Å². The molecule has 0 saturated heterocycles. The second-order valence-electron chi connectivity index (χ2n) is 5.16. The SMILES string of the molecule is CCCCCCCCCC(N)c1cccc(F)c1Cl. The summed E-state index contributed by atoms with van der Waals surface area (Å²) in [6.45, 7) is 2.22. The summed E-state index contributed by atoms with van der Waals surface area (Å²) in [6.07, 6.45) is 9.68. The van der Waals surface area contributed by atoms with Crippen molar-refractivity contribution in [2.45, 2.75) is 64.3 Å². The zero-order valence-corrected chi connectivity index (χ0v) is 12.6. The number of hydrogen-bond acceptors (Lipinski definition) is 1. The van der Waals surface area contributed by atoms with Gasteiger partial charge in [0.1, 0.15) is 5.82 Å². The Bertz CT molecular complexity index is 368. The molecular formula is C16H25ClFN. The molecule has 0 saturated carbocycles. The molecule has 0 spiro atoms. The third-order valence-corrected chi connectivity index (χ3v) is 3.90. The van der Waals surface area contributed by atoms with Gasteiger partial charge in [0.05, 0.1) is 5.02 Å². The summed E-state index contributed by atoms with van der Waals surface area (Å²) in [7, 11) is 0. The van der Waals surface area contributed by atoms with Gasteiger partial charge in [0.15, 0.2) is 0 Å². The van der Waals surface area contributed by atoms with Gasteiger partial charge in [0.2, 0.25) is 0 Å². The predicted octanol–water partition coefficient (Wildman–Crippen LogP) is 5.62. The Morgan fingerprint density at radius 1 is 1.11 bits per heavy atom. The first-order valence-electron chi connectivity index (χ1n) is 7.36. The molecule has 1 aromatic rings. The molecule has 1 atom stereocenters. The average Bonchev–Trinajstić information content (AvgIpc) is 2.40. The fraction of sp³-hybridized carbons (Fsp3) is 0.625. The van der Waals surface area contributed by atoms with Crippen LogP contribution in [-0.2, 0) is 0 Å². The summed E-state index contributed by atoms with van der Waals surface area (Å²) in [5.74, 6) is -0.380. The van der Waals surface area contributed by atoms with Gasteiger partial charge in [0, 0.05) is 6.04 Å². The number of unbranched alkanes of at least 4 members (excludes halogenated alkanes) is 6.